The maximum absolute atomic E-state index is 11.0. The summed E-state index contributed by atoms with van der Waals surface area (Å²) < 4.78 is 4.80. The Morgan fingerprint density at radius 1 is 1.38 bits per heavy atom. The number of hydrogen-bond acceptors (Lipinski definition) is 3. The number of aliphatic hydroxyl groups is 1. The number of ether oxygens (including phenoxy) is 1. The van der Waals surface area contributed by atoms with E-state index < -0.39 is 0 Å². The maximum Gasteiger partial charge on any atom is 0.330 e. The summed E-state index contributed by atoms with van der Waals surface area (Å²) in [4.78, 5) is 11.0. The van der Waals surface area contributed by atoms with Gasteiger partial charge in [-0.05, 0) is 32.1 Å². The molecule has 0 saturated heterocycles. The molecule has 0 fully saturated rings. The van der Waals surface area contributed by atoms with Crippen LogP contribution in [0.4, 0.5) is 0 Å². The molecule has 0 aromatic rings. The summed E-state index contributed by atoms with van der Waals surface area (Å²) in [5.41, 5.74) is 0. The van der Waals surface area contributed by atoms with Crippen molar-refractivity contribution in [3.8, 4) is 0 Å². The zero-order valence-electron chi connectivity index (χ0n) is 10.4. The van der Waals surface area contributed by atoms with E-state index in [4.69, 9.17) is 9.84 Å². The zero-order chi connectivity index (χ0) is 12.2. The molecule has 1 N–H and O–H groups in total. The van der Waals surface area contributed by atoms with Gasteiger partial charge in [-0.3, -0.25) is 0 Å². The van der Waals surface area contributed by atoms with E-state index in [2.05, 4.69) is 6.92 Å². The van der Waals surface area contributed by atoms with Crippen molar-refractivity contribution in [1.29, 1.82) is 0 Å². The van der Waals surface area contributed by atoms with Crippen LogP contribution in [-0.2, 0) is 9.53 Å². The van der Waals surface area contributed by atoms with Crippen LogP contribution in [0.1, 0.15) is 46.0 Å². The fraction of sp³-hybridized carbons (Fsp3) is 0.769. The molecule has 3 heteroatoms. The molecule has 1 unspecified atom stereocenters. The van der Waals surface area contributed by atoms with E-state index in [1.165, 1.54) is 6.08 Å². The standard InChI is InChI=1S/C13H24O3/c1-3-7-12(9-6-11-14)8-5-10-13(15)16-4-2/h5,10,12,14H,3-4,6-9,11H2,1-2H3. The highest BCUT2D eigenvalue weighted by Crippen LogP contribution is 2.17. The first-order chi connectivity index (χ1) is 7.74. The highest BCUT2D eigenvalue weighted by molar-refractivity contribution is 5.81. The molecular formula is C13H24O3. The molecule has 0 saturated carbocycles. The van der Waals surface area contributed by atoms with Gasteiger partial charge in [0.15, 0.2) is 0 Å². The van der Waals surface area contributed by atoms with E-state index in [-0.39, 0.29) is 12.6 Å². The second-order valence-corrected chi connectivity index (χ2v) is 3.91. The summed E-state index contributed by atoms with van der Waals surface area (Å²) in [5, 5.41) is 8.77. The van der Waals surface area contributed by atoms with E-state index in [0.29, 0.717) is 12.5 Å². The summed E-state index contributed by atoms with van der Waals surface area (Å²) in [6.07, 6.45) is 8.44. The molecule has 0 aromatic carbocycles. The van der Waals surface area contributed by atoms with Crippen molar-refractivity contribution >= 4 is 5.97 Å². The lowest BCUT2D eigenvalue weighted by Crippen LogP contribution is -2.02. The highest BCUT2D eigenvalue weighted by atomic mass is 16.5. The molecule has 0 aromatic heterocycles. The average molecular weight is 228 g/mol. The van der Waals surface area contributed by atoms with Crippen LogP contribution in [0.25, 0.3) is 0 Å². The number of carbonyl (C=O) groups excluding carboxylic acids is 1. The van der Waals surface area contributed by atoms with Crippen molar-refractivity contribution in [1.82, 2.24) is 0 Å². The van der Waals surface area contributed by atoms with Gasteiger partial charge in [-0.25, -0.2) is 4.79 Å². The van der Waals surface area contributed by atoms with Gasteiger partial charge < -0.3 is 9.84 Å². The first kappa shape index (κ1) is 15.2. The number of esters is 1. The van der Waals surface area contributed by atoms with Gasteiger partial charge >= 0.3 is 5.97 Å². The first-order valence-corrected chi connectivity index (χ1v) is 6.18. The molecule has 0 aliphatic rings. The highest BCUT2D eigenvalue weighted by Gasteiger charge is 2.05. The topological polar surface area (TPSA) is 46.5 Å². The van der Waals surface area contributed by atoms with E-state index >= 15 is 0 Å². The molecule has 0 bridgehead atoms. The lowest BCUT2D eigenvalue weighted by Gasteiger charge is -2.12. The smallest absolute Gasteiger partial charge is 0.330 e. The summed E-state index contributed by atoms with van der Waals surface area (Å²) in [6.45, 7) is 4.63. The fourth-order valence-corrected chi connectivity index (χ4v) is 1.72. The van der Waals surface area contributed by atoms with E-state index in [1.807, 2.05) is 6.08 Å². The van der Waals surface area contributed by atoms with E-state index in [0.717, 1.165) is 32.1 Å². The lowest BCUT2D eigenvalue weighted by atomic mass is 9.94. The summed E-state index contributed by atoms with van der Waals surface area (Å²) in [5.74, 6) is 0.308. The van der Waals surface area contributed by atoms with Crippen molar-refractivity contribution in [2.45, 2.75) is 46.0 Å². The third-order valence-electron chi connectivity index (χ3n) is 2.48. The summed E-state index contributed by atoms with van der Waals surface area (Å²) >= 11 is 0. The van der Waals surface area contributed by atoms with Crippen molar-refractivity contribution in [3.05, 3.63) is 12.2 Å². The molecule has 0 aliphatic carbocycles. The van der Waals surface area contributed by atoms with Crippen molar-refractivity contribution in [3.63, 3.8) is 0 Å². The quantitative estimate of drug-likeness (QED) is 0.487. The molecule has 0 heterocycles. The largest absolute Gasteiger partial charge is 0.463 e. The molecule has 94 valence electrons. The van der Waals surface area contributed by atoms with Crippen LogP contribution in [0.5, 0.6) is 0 Å². The third kappa shape index (κ3) is 8.48. The molecule has 0 spiro atoms. The number of aliphatic hydroxyl groups excluding tert-OH is 1. The van der Waals surface area contributed by atoms with Gasteiger partial charge in [-0.2, -0.15) is 0 Å². The van der Waals surface area contributed by atoms with Crippen LogP contribution in [-0.4, -0.2) is 24.3 Å². The van der Waals surface area contributed by atoms with Gasteiger partial charge in [0.2, 0.25) is 0 Å². The Balaban J connectivity index is 3.85. The predicted octanol–water partition coefficient (Wildman–Crippen LogP) is 2.68. The van der Waals surface area contributed by atoms with Gasteiger partial charge in [0, 0.05) is 12.7 Å². The second kappa shape index (κ2) is 10.7. The fourth-order valence-electron chi connectivity index (χ4n) is 1.72. The van der Waals surface area contributed by atoms with Crippen molar-refractivity contribution in [2.24, 2.45) is 5.92 Å². The van der Waals surface area contributed by atoms with Gasteiger partial charge in [0.05, 0.1) is 6.61 Å². The van der Waals surface area contributed by atoms with Gasteiger partial charge in [0.25, 0.3) is 0 Å². The van der Waals surface area contributed by atoms with Crippen LogP contribution >= 0.6 is 0 Å². The number of carbonyl (C=O) groups is 1. The molecule has 0 aliphatic heterocycles. The molecular weight excluding hydrogens is 204 g/mol. The Kier molecular flexibility index (Phi) is 10.1. The van der Waals surface area contributed by atoms with Crippen molar-refractivity contribution in [2.75, 3.05) is 13.2 Å². The minimum absolute atomic E-state index is 0.252. The Hall–Kier alpha value is -0.830. The Morgan fingerprint density at radius 2 is 2.12 bits per heavy atom. The van der Waals surface area contributed by atoms with Crippen LogP contribution in [0.15, 0.2) is 12.2 Å². The van der Waals surface area contributed by atoms with Crippen molar-refractivity contribution < 1.29 is 14.6 Å². The van der Waals surface area contributed by atoms with Gasteiger partial charge in [-0.15, -0.1) is 0 Å². The molecule has 0 rings (SSSR count). The van der Waals surface area contributed by atoms with Crippen LogP contribution in [0, 0.1) is 5.92 Å². The number of allylic oxidation sites excluding steroid dienone is 1. The Bertz CT molecular complexity index is 199. The van der Waals surface area contributed by atoms with Gasteiger partial charge in [0.1, 0.15) is 0 Å². The second-order valence-electron chi connectivity index (χ2n) is 3.91. The number of rotatable bonds is 9. The van der Waals surface area contributed by atoms with E-state index in [1.54, 1.807) is 6.92 Å². The molecule has 0 amide bonds. The molecule has 16 heavy (non-hydrogen) atoms. The average Bonchev–Trinajstić information content (AvgIpc) is 2.26. The normalized spacial score (nSPS) is 12.9. The maximum atomic E-state index is 11.0. The minimum Gasteiger partial charge on any atom is -0.463 e. The summed E-state index contributed by atoms with van der Waals surface area (Å²) in [7, 11) is 0. The first-order valence-electron chi connectivity index (χ1n) is 6.18. The van der Waals surface area contributed by atoms with Crippen LogP contribution in [0.3, 0.4) is 0 Å². The van der Waals surface area contributed by atoms with Crippen LogP contribution in [0.2, 0.25) is 0 Å². The van der Waals surface area contributed by atoms with Crippen LogP contribution < -0.4 is 0 Å². The molecule has 1 atom stereocenters. The predicted molar refractivity (Wildman–Crippen MR) is 65.1 cm³/mol. The molecule has 3 nitrogen and oxygen atoms in total. The molecule has 0 radical (unpaired) electrons. The third-order valence-corrected chi connectivity index (χ3v) is 2.48. The van der Waals surface area contributed by atoms with Gasteiger partial charge in [-0.1, -0.05) is 25.8 Å². The SMILES string of the molecule is CCCC(CC=CC(=O)OCC)CCCO. The monoisotopic (exact) mass is 228 g/mol. The summed E-state index contributed by atoms with van der Waals surface area (Å²) in [6, 6.07) is 0. The van der Waals surface area contributed by atoms with E-state index in [9.17, 15) is 4.79 Å². The minimum atomic E-state index is -0.264. The zero-order valence-corrected chi connectivity index (χ0v) is 10.4. The Labute approximate surface area is 98.5 Å². The number of hydrogen-bond donors (Lipinski definition) is 1. The lowest BCUT2D eigenvalue weighted by molar-refractivity contribution is -0.137. The Morgan fingerprint density at radius 3 is 2.69 bits per heavy atom.